The third-order valence-corrected chi connectivity index (χ3v) is 11.2. The van der Waals surface area contributed by atoms with E-state index < -0.39 is 0 Å². The van der Waals surface area contributed by atoms with Gasteiger partial charge in [-0.25, -0.2) is 15.0 Å². The van der Waals surface area contributed by atoms with Crippen molar-refractivity contribution in [3.8, 4) is 45.5 Å². The molecule has 4 nitrogen and oxygen atoms in total. The monoisotopic (exact) mass is 699 g/mol. The van der Waals surface area contributed by atoms with Crippen LogP contribution in [0, 0.1) is 0 Å². The van der Waals surface area contributed by atoms with E-state index in [1.807, 2.05) is 36.4 Å². The molecule has 0 fully saturated rings. The Kier molecular flexibility index (Phi) is 6.31. The second kappa shape index (κ2) is 11.5. The Morgan fingerprint density at radius 2 is 0.800 bits per heavy atom. The smallest absolute Gasteiger partial charge is 0.199 e. The summed E-state index contributed by atoms with van der Waals surface area (Å²) in [6.07, 6.45) is 0. The van der Waals surface area contributed by atoms with Crippen LogP contribution in [-0.4, -0.2) is 15.0 Å². The van der Waals surface area contributed by atoms with Crippen LogP contribution in [-0.2, 0) is 0 Å². The molecule has 0 saturated carbocycles. The summed E-state index contributed by atoms with van der Waals surface area (Å²) < 4.78 is 6.38. The Hall–Kier alpha value is -7.43. The van der Waals surface area contributed by atoms with E-state index in [4.69, 9.17) is 19.4 Å². The van der Waals surface area contributed by atoms with Crippen LogP contribution in [0.4, 0.5) is 0 Å². The predicted molar refractivity (Wildman–Crippen MR) is 228 cm³/mol. The molecule has 12 rings (SSSR count). The van der Waals surface area contributed by atoms with Crippen LogP contribution in [0.1, 0.15) is 0 Å². The number of rotatable bonds is 4. The van der Waals surface area contributed by atoms with E-state index in [-0.39, 0.29) is 0 Å². The summed E-state index contributed by atoms with van der Waals surface area (Å²) in [5.41, 5.74) is 4.84. The Morgan fingerprint density at radius 3 is 1.49 bits per heavy atom. The van der Waals surface area contributed by atoms with Gasteiger partial charge >= 0.3 is 0 Å². The highest BCUT2D eigenvalue weighted by molar-refractivity contribution is 6.37. The standard InChI is InChI=1S/C51H29N3O/c1-2-10-30(11-3-1)34-16-6-17-37(26-34)49-52-50(54-51(53-49)44-29-35-12-4-5-21-43(35)55-44)38-27-36-25-24-33-14-8-19-40-39-18-7-13-31-22-23-32-15-9-20-41(47(32)45(31)39)42(28-38)48(36)46(33)40/h1-29H. The molecule has 0 aliphatic heterocycles. The minimum Gasteiger partial charge on any atom is -0.453 e. The molecule has 2 aromatic heterocycles. The molecule has 0 aliphatic rings. The first-order valence-corrected chi connectivity index (χ1v) is 18.6. The predicted octanol–water partition coefficient (Wildman–Crippen LogP) is 13.6. The Labute approximate surface area is 315 Å². The third kappa shape index (κ3) is 4.62. The fourth-order valence-corrected chi connectivity index (χ4v) is 8.72. The molecule has 2 heterocycles. The molecule has 0 saturated heterocycles. The third-order valence-electron chi connectivity index (χ3n) is 11.2. The zero-order valence-electron chi connectivity index (χ0n) is 29.5. The maximum Gasteiger partial charge on any atom is 0.199 e. The number of furan rings is 1. The molecule has 55 heavy (non-hydrogen) atoms. The molecule has 0 radical (unpaired) electrons. The minimum atomic E-state index is 0.491. The van der Waals surface area contributed by atoms with Crippen LogP contribution in [0.25, 0.3) is 121 Å². The lowest BCUT2D eigenvalue weighted by Gasteiger charge is -2.17. The van der Waals surface area contributed by atoms with Crippen molar-refractivity contribution in [2.75, 3.05) is 0 Å². The maximum absolute atomic E-state index is 6.38. The topological polar surface area (TPSA) is 51.8 Å². The van der Waals surface area contributed by atoms with Crippen molar-refractivity contribution in [3.05, 3.63) is 176 Å². The van der Waals surface area contributed by atoms with Gasteiger partial charge in [0.2, 0.25) is 0 Å². The Bertz CT molecular complexity index is 3450. The molecular formula is C51H29N3O. The summed E-state index contributed by atoms with van der Waals surface area (Å²) in [7, 11) is 0. The molecule has 0 atom stereocenters. The van der Waals surface area contributed by atoms with Gasteiger partial charge in [-0.05, 0) is 106 Å². The first-order valence-electron chi connectivity index (χ1n) is 18.6. The summed E-state index contributed by atoms with van der Waals surface area (Å²) in [5.74, 6) is 2.27. The second-order valence-electron chi connectivity index (χ2n) is 14.4. The van der Waals surface area contributed by atoms with E-state index in [0.29, 0.717) is 23.2 Å². The average Bonchev–Trinajstić information content (AvgIpc) is 3.70. The Morgan fingerprint density at radius 1 is 0.291 bits per heavy atom. The average molecular weight is 700 g/mol. The van der Waals surface area contributed by atoms with E-state index in [9.17, 15) is 0 Å². The number of aromatic nitrogens is 3. The SMILES string of the molecule is c1ccc(-c2cccc(-c3nc(-c4cc5ccc6cccc7c8cccc9ccc%10cccc(c(c4)c5c67)c%10c98)nc(-c4cc5ccccc5o4)n3)c2)cc1. The van der Waals surface area contributed by atoms with E-state index in [0.717, 1.165) is 44.0 Å². The van der Waals surface area contributed by atoms with Gasteiger partial charge in [-0.1, -0.05) is 146 Å². The molecule has 10 aromatic carbocycles. The lowest BCUT2D eigenvalue weighted by atomic mass is 9.87. The van der Waals surface area contributed by atoms with Gasteiger partial charge in [-0.3, -0.25) is 0 Å². The van der Waals surface area contributed by atoms with Crippen molar-refractivity contribution in [2.45, 2.75) is 0 Å². The first kappa shape index (κ1) is 30.1. The Balaban J connectivity index is 1.19. The van der Waals surface area contributed by atoms with Crippen LogP contribution in [0.3, 0.4) is 0 Å². The van der Waals surface area contributed by atoms with Gasteiger partial charge in [0.1, 0.15) is 5.58 Å². The van der Waals surface area contributed by atoms with Crippen molar-refractivity contribution < 1.29 is 4.42 Å². The van der Waals surface area contributed by atoms with Gasteiger partial charge in [-0.15, -0.1) is 0 Å². The van der Waals surface area contributed by atoms with Gasteiger partial charge in [0.05, 0.1) is 0 Å². The molecular weight excluding hydrogens is 671 g/mol. The van der Waals surface area contributed by atoms with Crippen molar-refractivity contribution in [3.63, 3.8) is 0 Å². The number of nitrogens with zero attached hydrogens (tertiary/aromatic N) is 3. The van der Waals surface area contributed by atoms with Gasteiger partial charge in [0.25, 0.3) is 0 Å². The normalized spacial score (nSPS) is 12.0. The second-order valence-corrected chi connectivity index (χ2v) is 14.4. The highest BCUT2D eigenvalue weighted by Crippen LogP contribution is 2.44. The lowest BCUT2D eigenvalue weighted by Crippen LogP contribution is -2.00. The molecule has 0 amide bonds. The first-order chi connectivity index (χ1) is 27.2. The summed E-state index contributed by atoms with van der Waals surface area (Å²) in [5, 5.41) is 15.7. The number of hydrogen-bond acceptors (Lipinski definition) is 4. The minimum absolute atomic E-state index is 0.491. The fourth-order valence-electron chi connectivity index (χ4n) is 8.72. The lowest BCUT2D eigenvalue weighted by molar-refractivity contribution is 0.625. The largest absolute Gasteiger partial charge is 0.453 e. The van der Waals surface area contributed by atoms with Crippen LogP contribution in [0.2, 0.25) is 0 Å². The molecule has 0 aliphatic carbocycles. The van der Waals surface area contributed by atoms with Crippen LogP contribution in [0.5, 0.6) is 0 Å². The molecule has 0 unspecified atom stereocenters. The van der Waals surface area contributed by atoms with Crippen molar-refractivity contribution in [1.29, 1.82) is 0 Å². The molecule has 0 N–H and O–H groups in total. The number of benzene rings is 9. The fraction of sp³-hybridized carbons (Fsp3) is 0. The number of hydrogen-bond donors (Lipinski definition) is 0. The van der Waals surface area contributed by atoms with Gasteiger partial charge in [-0.2, -0.15) is 0 Å². The summed E-state index contributed by atoms with van der Waals surface area (Å²) in [6, 6.07) is 62.5. The van der Waals surface area contributed by atoms with Gasteiger partial charge < -0.3 is 4.42 Å². The van der Waals surface area contributed by atoms with Crippen molar-refractivity contribution >= 4 is 75.6 Å². The zero-order chi connectivity index (χ0) is 36.0. The van der Waals surface area contributed by atoms with Gasteiger partial charge in [0, 0.05) is 16.5 Å². The van der Waals surface area contributed by atoms with Crippen molar-refractivity contribution in [1.82, 2.24) is 15.0 Å². The van der Waals surface area contributed by atoms with Crippen LogP contribution < -0.4 is 0 Å². The number of para-hydroxylation sites is 1. The maximum atomic E-state index is 6.38. The zero-order valence-corrected chi connectivity index (χ0v) is 29.5. The van der Waals surface area contributed by atoms with E-state index >= 15 is 0 Å². The van der Waals surface area contributed by atoms with Crippen LogP contribution >= 0.6 is 0 Å². The van der Waals surface area contributed by atoms with E-state index in [1.54, 1.807) is 0 Å². The molecule has 254 valence electrons. The van der Waals surface area contributed by atoms with Gasteiger partial charge in [0.15, 0.2) is 23.2 Å². The molecule has 4 heteroatoms. The molecule has 12 aromatic rings. The number of fused-ring (bicyclic) bond motifs is 3. The van der Waals surface area contributed by atoms with Crippen molar-refractivity contribution in [2.24, 2.45) is 0 Å². The van der Waals surface area contributed by atoms with E-state index in [1.165, 1.54) is 53.9 Å². The van der Waals surface area contributed by atoms with Crippen LogP contribution in [0.15, 0.2) is 180 Å². The summed E-state index contributed by atoms with van der Waals surface area (Å²) >= 11 is 0. The molecule has 0 bridgehead atoms. The summed E-state index contributed by atoms with van der Waals surface area (Å²) in [6.45, 7) is 0. The molecule has 0 spiro atoms. The summed E-state index contributed by atoms with van der Waals surface area (Å²) in [4.78, 5) is 15.5. The quantitative estimate of drug-likeness (QED) is 0.172. The van der Waals surface area contributed by atoms with E-state index in [2.05, 4.69) is 140 Å². The highest BCUT2D eigenvalue weighted by atomic mass is 16.3. The highest BCUT2D eigenvalue weighted by Gasteiger charge is 2.20.